The van der Waals surface area contributed by atoms with Gasteiger partial charge in [0, 0.05) is 25.2 Å². The molecule has 1 unspecified atom stereocenters. The summed E-state index contributed by atoms with van der Waals surface area (Å²) in [6.45, 7) is 6.97. The van der Waals surface area contributed by atoms with Gasteiger partial charge in [-0.25, -0.2) is 0 Å². The number of benzene rings is 1. The topological polar surface area (TPSA) is 39.7 Å². The molecule has 0 bridgehead atoms. The van der Waals surface area contributed by atoms with Crippen molar-refractivity contribution in [1.82, 2.24) is 15.5 Å². The van der Waals surface area contributed by atoms with Gasteiger partial charge in [-0.2, -0.15) is 0 Å². The Morgan fingerprint density at radius 3 is 2.54 bits per heavy atom. The van der Waals surface area contributed by atoms with Gasteiger partial charge in [0.2, 0.25) is 0 Å². The zero-order valence-corrected chi connectivity index (χ0v) is 17.4. The van der Waals surface area contributed by atoms with E-state index in [-0.39, 0.29) is 24.0 Å². The van der Waals surface area contributed by atoms with Gasteiger partial charge < -0.3 is 10.6 Å². The maximum Gasteiger partial charge on any atom is 0.191 e. The zero-order valence-electron chi connectivity index (χ0n) is 15.0. The first-order valence-electron chi connectivity index (χ1n) is 8.63. The lowest BCUT2D eigenvalue weighted by atomic mass is 10.2. The molecule has 1 aliphatic rings. The van der Waals surface area contributed by atoms with Gasteiger partial charge in [0.1, 0.15) is 0 Å². The van der Waals surface area contributed by atoms with Gasteiger partial charge in [-0.05, 0) is 39.3 Å². The van der Waals surface area contributed by atoms with Gasteiger partial charge in [0.25, 0.3) is 0 Å². The minimum atomic E-state index is 0. The summed E-state index contributed by atoms with van der Waals surface area (Å²) in [4.78, 5) is 7.11. The van der Waals surface area contributed by atoms with Gasteiger partial charge in [-0.1, -0.05) is 42.5 Å². The Morgan fingerprint density at radius 2 is 1.92 bits per heavy atom. The summed E-state index contributed by atoms with van der Waals surface area (Å²) < 4.78 is 0. The number of nitrogens with one attached hydrogen (secondary N) is 2. The molecule has 0 saturated carbocycles. The van der Waals surface area contributed by atoms with Crippen LogP contribution < -0.4 is 10.6 Å². The highest BCUT2D eigenvalue weighted by Gasteiger charge is 2.13. The van der Waals surface area contributed by atoms with Crippen LogP contribution in [-0.4, -0.2) is 43.1 Å². The molecule has 2 N–H and O–H groups in total. The fourth-order valence-electron chi connectivity index (χ4n) is 2.64. The number of hydrogen-bond acceptors (Lipinski definition) is 2. The van der Waals surface area contributed by atoms with E-state index < -0.39 is 0 Å². The summed E-state index contributed by atoms with van der Waals surface area (Å²) in [6, 6.07) is 11.5. The van der Waals surface area contributed by atoms with Crippen molar-refractivity contribution < 1.29 is 0 Å². The molecule has 0 fully saturated rings. The van der Waals surface area contributed by atoms with Crippen LogP contribution in [0.2, 0.25) is 0 Å². The highest BCUT2D eigenvalue weighted by atomic mass is 127. The molecule has 0 aromatic heterocycles. The fraction of sp³-hybridized carbons (Fsp3) is 0.526. The Labute approximate surface area is 163 Å². The van der Waals surface area contributed by atoms with Crippen molar-refractivity contribution in [3.63, 3.8) is 0 Å². The van der Waals surface area contributed by atoms with Crippen molar-refractivity contribution in [3.8, 4) is 0 Å². The standard InChI is InChI=1S/C19H30N4.HI/c1-4-20-19(22-18-12-8-9-13-18)21-14-16(2)23(3)15-17-10-6-5-7-11-17;/h5-11,16,18H,4,12-15H2,1-3H3,(H2,20,21,22);1H. The molecule has 0 saturated heterocycles. The van der Waals surface area contributed by atoms with Crippen LogP contribution in [-0.2, 0) is 6.54 Å². The lowest BCUT2D eigenvalue weighted by Crippen LogP contribution is -2.43. The number of guanidine groups is 1. The van der Waals surface area contributed by atoms with Gasteiger partial charge in [0.05, 0.1) is 6.54 Å². The smallest absolute Gasteiger partial charge is 0.191 e. The van der Waals surface area contributed by atoms with E-state index in [2.05, 4.69) is 78.9 Å². The van der Waals surface area contributed by atoms with Crippen molar-refractivity contribution >= 4 is 29.9 Å². The van der Waals surface area contributed by atoms with E-state index in [0.717, 1.165) is 38.4 Å². The summed E-state index contributed by atoms with van der Waals surface area (Å²) >= 11 is 0. The molecule has 0 amide bonds. The van der Waals surface area contributed by atoms with Gasteiger partial charge in [-0.15, -0.1) is 24.0 Å². The van der Waals surface area contributed by atoms with Crippen molar-refractivity contribution in [2.45, 2.75) is 45.3 Å². The number of halogens is 1. The quantitative estimate of drug-likeness (QED) is 0.294. The highest BCUT2D eigenvalue weighted by Crippen LogP contribution is 2.09. The molecule has 1 aromatic rings. The van der Waals surface area contributed by atoms with Crippen molar-refractivity contribution in [2.24, 2.45) is 4.99 Å². The highest BCUT2D eigenvalue weighted by molar-refractivity contribution is 14.0. The van der Waals surface area contributed by atoms with Crippen LogP contribution in [0.15, 0.2) is 47.5 Å². The molecule has 1 aromatic carbocycles. The van der Waals surface area contributed by atoms with Gasteiger partial charge in [-0.3, -0.25) is 9.89 Å². The van der Waals surface area contributed by atoms with E-state index in [1.807, 2.05) is 0 Å². The third-order valence-electron chi connectivity index (χ3n) is 4.23. The molecule has 5 heteroatoms. The van der Waals surface area contributed by atoms with Crippen molar-refractivity contribution in [2.75, 3.05) is 20.1 Å². The number of aliphatic imine (C=N–C) groups is 1. The first kappa shape index (κ1) is 21.0. The van der Waals surface area contributed by atoms with Gasteiger partial charge in [0.15, 0.2) is 5.96 Å². The molecule has 2 rings (SSSR count). The second-order valence-corrected chi connectivity index (χ2v) is 6.25. The van der Waals surface area contributed by atoms with Crippen molar-refractivity contribution in [3.05, 3.63) is 48.0 Å². The Bertz CT molecular complexity index is 507. The van der Waals surface area contributed by atoms with E-state index >= 15 is 0 Å². The maximum absolute atomic E-state index is 4.76. The number of nitrogens with zero attached hydrogens (tertiary/aromatic N) is 2. The van der Waals surface area contributed by atoms with Crippen molar-refractivity contribution in [1.29, 1.82) is 0 Å². The Kier molecular flexibility index (Phi) is 10.0. The molecule has 1 atom stereocenters. The largest absolute Gasteiger partial charge is 0.357 e. The van der Waals surface area contributed by atoms with E-state index in [1.165, 1.54) is 5.56 Å². The van der Waals surface area contributed by atoms with Crippen LogP contribution >= 0.6 is 24.0 Å². The van der Waals surface area contributed by atoms with Crippen LogP contribution in [0.4, 0.5) is 0 Å². The molecule has 0 heterocycles. The molecule has 0 radical (unpaired) electrons. The molecule has 0 spiro atoms. The minimum absolute atomic E-state index is 0. The molecule has 1 aliphatic carbocycles. The Morgan fingerprint density at radius 1 is 1.25 bits per heavy atom. The zero-order chi connectivity index (χ0) is 16.5. The lowest BCUT2D eigenvalue weighted by Gasteiger charge is -2.24. The average molecular weight is 442 g/mol. The molecular formula is C19H31IN4. The third kappa shape index (κ3) is 7.21. The first-order chi connectivity index (χ1) is 11.2. The van der Waals surface area contributed by atoms with Crippen LogP contribution in [0.25, 0.3) is 0 Å². The predicted octanol–water partition coefficient (Wildman–Crippen LogP) is 3.40. The van der Waals surface area contributed by atoms with E-state index in [4.69, 9.17) is 4.99 Å². The second kappa shape index (κ2) is 11.5. The second-order valence-electron chi connectivity index (χ2n) is 6.25. The molecule has 4 nitrogen and oxygen atoms in total. The van der Waals surface area contributed by atoms with Crippen LogP contribution in [0.5, 0.6) is 0 Å². The Balaban J connectivity index is 0.00000288. The van der Waals surface area contributed by atoms with Crippen LogP contribution in [0, 0.1) is 0 Å². The van der Waals surface area contributed by atoms with E-state index in [9.17, 15) is 0 Å². The number of likely N-dealkylation sites (N-methyl/N-ethyl adjacent to an activating group) is 1. The summed E-state index contributed by atoms with van der Waals surface area (Å²) in [7, 11) is 2.16. The fourth-order valence-corrected chi connectivity index (χ4v) is 2.64. The summed E-state index contributed by atoms with van der Waals surface area (Å²) in [6.07, 6.45) is 6.65. The average Bonchev–Trinajstić information content (AvgIpc) is 3.06. The third-order valence-corrected chi connectivity index (χ3v) is 4.23. The molecule has 24 heavy (non-hydrogen) atoms. The SMILES string of the molecule is CCNC(=NCC(C)N(C)Cc1ccccc1)NC1CC=CC1.I. The van der Waals surface area contributed by atoms with Crippen LogP contribution in [0.1, 0.15) is 32.3 Å². The molecule has 134 valence electrons. The van der Waals surface area contributed by atoms with E-state index in [0.29, 0.717) is 12.1 Å². The monoisotopic (exact) mass is 442 g/mol. The van der Waals surface area contributed by atoms with E-state index in [1.54, 1.807) is 0 Å². The van der Waals surface area contributed by atoms with Gasteiger partial charge >= 0.3 is 0 Å². The summed E-state index contributed by atoms with van der Waals surface area (Å²) in [5, 5.41) is 6.86. The lowest BCUT2D eigenvalue weighted by molar-refractivity contribution is 0.255. The first-order valence-corrected chi connectivity index (χ1v) is 8.63. The minimum Gasteiger partial charge on any atom is -0.357 e. The summed E-state index contributed by atoms with van der Waals surface area (Å²) in [5.74, 6) is 0.932. The van der Waals surface area contributed by atoms with Crippen LogP contribution in [0.3, 0.4) is 0 Å². The Hall–Kier alpha value is -1.08. The molecule has 0 aliphatic heterocycles. The predicted molar refractivity (Wildman–Crippen MR) is 114 cm³/mol. The summed E-state index contributed by atoms with van der Waals surface area (Å²) in [5.41, 5.74) is 1.34. The normalized spacial score (nSPS) is 16.1. The number of hydrogen-bond donors (Lipinski definition) is 2. The number of rotatable bonds is 7. The molecular weight excluding hydrogens is 411 g/mol. The maximum atomic E-state index is 4.76.